The van der Waals surface area contributed by atoms with Crippen LogP contribution in [0.1, 0.15) is 55.1 Å². The number of fused-ring (bicyclic) bond motifs is 1. The molecule has 2 aliphatic heterocycles. The number of aryl methyl sites for hydroxylation is 2. The zero-order chi connectivity index (χ0) is 20.7. The first-order valence-electron chi connectivity index (χ1n) is 11.4. The smallest absolute Gasteiger partial charge is 0.317 e. The van der Waals surface area contributed by atoms with Gasteiger partial charge in [0.25, 0.3) is 0 Å². The zero-order valence-corrected chi connectivity index (χ0v) is 18.1. The van der Waals surface area contributed by atoms with E-state index in [2.05, 4.69) is 31.9 Å². The molecule has 3 aliphatic rings. The van der Waals surface area contributed by atoms with Crippen molar-refractivity contribution >= 4 is 6.03 Å². The van der Waals surface area contributed by atoms with Gasteiger partial charge in [-0.1, -0.05) is 0 Å². The molecule has 2 fully saturated rings. The van der Waals surface area contributed by atoms with Crippen LogP contribution < -0.4 is 5.32 Å². The Hall–Kier alpha value is -2.35. The third-order valence-corrected chi connectivity index (χ3v) is 7.12. The van der Waals surface area contributed by atoms with Gasteiger partial charge in [-0.3, -0.25) is 9.58 Å². The fourth-order valence-corrected chi connectivity index (χ4v) is 5.39. The Kier molecular flexibility index (Phi) is 5.26. The van der Waals surface area contributed by atoms with Gasteiger partial charge >= 0.3 is 6.03 Å². The molecule has 30 heavy (non-hydrogen) atoms. The third-order valence-electron chi connectivity index (χ3n) is 7.12. The standard InChI is InChI=1S/C22H33N7O/c1-26-15-23-13-20(26)21-16(5-3-10-29(21)18-7-8-18)11-24-22(30)28-9-4-6-19-17(14-28)12-25-27(19)2/h12-13,15-16,18,21H,3-11,14H2,1-2H3,(H,24,30)/t16-,21+/m1/s1. The molecule has 5 rings (SSSR count). The van der Waals surface area contributed by atoms with Crippen LogP contribution in [-0.2, 0) is 27.1 Å². The number of hydrogen-bond acceptors (Lipinski definition) is 4. The van der Waals surface area contributed by atoms with Crippen molar-refractivity contribution in [1.82, 2.24) is 34.4 Å². The average molecular weight is 412 g/mol. The summed E-state index contributed by atoms with van der Waals surface area (Å²) in [5, 5.41) is 7.66. The Bertz CT molecular complexity index is 899. The van der Waals surface area contributed by atoms with Crippen LogP contribution in [0.4, 0.5) is 4.79 Å². The quantitative estimate of drug-likeness (QED) is 0.838. The maximum Gasteiger partial charge on any atom is 0.317 e. The monoisotopic (exact) mass is 411 g/mol. The fourth-order valence-electron chi connectivity index (χ4n) is 5.39. The lowest BCUT2D eigenvalue weighted by atomic mass is 9.86. The predicted octanol–water partition coefficient (Wildman–Crippen LogP) is 2.23. The molecule has 0 spiro atoms. The van der Waals surface area contributed by atoms with Gasteiger partial charge in [-0.25, -0.2) is 9.78 Å². The number of imidazole rings is 1. The largest absolute Gasteiger partial charge is 0.338 e. The first kappa shape index (κ1) is 19.6. The second-order valence-electron chi connectivity index (χ2n) is 9.20. The summed E-state index contributed by atoms with van der Waals surface area (Å²) < 4.78 is 4.10. The second kappa shape index (κ2) is 8.06. The van der Waals surface area contributed by atoms with E-state index in [1.54, 1.807) is 0 Å². The lowest BCUT2D eigenvalue weighted by Gasteiger charge is -2.42. The molecule has 8 nitrogen and oxygen atoms in total. The van der Waals surface area contributed by atoms with Gasteiger partial charge in [0.1, 0.15) is 0 Å². The minimum atomic E-state index is 0.0546. The van der Waals surface area contributed by atoms with Crippen LogP contribution in [0.5, 0.6) is 0 Å². The predicted molar refractivity (Wildman–Crippen MR) is 114 cm³/mol. The molecule has 2 amide bonds. The van der Waals surface area contributed by atoms with Crippen molar-refractivity contribution in [2.24, 2.45) is 20.0 Å². The Morgan fingerprint density at radius 2 is 2.03 bits per heavy atom. The summed E-state index contributed by atoms with van der Waals surface area (Å²) in [5.41, 5.74) is 3.71. The number of carbonyl (C=O) groups is 1. The number of urea groups is 1. The molecule has 8 heteroatoms. The number of carbonyl (C=O) groups excluding carboxylic acids is 1. The van der Waals surface area contributed by atoms with Gasteiger partial charge in [-0.2, -0.15) is 5.10 Å². The minimum Gasteiger partial charge on any atom is -0.338 e. The second-order valence-corrected chi connectivity index (χ2v) is 9.20. The van der Waals surface area contributed by atoms with Gasteiger partial charge in [-0.05, 0) is 51.0 Å². The van der Waals surface area contributed by atoms with Crippen LogP contribution in [0.25, 0.3) is 0 Å². The maximum atomic E-state index is 13.1. The van der Waals surface area contributed by atoms with E-state index in [4.69, 9.17) is 0 Å². The van der Waals surface area contributed by atoms with Crippen molar-refractivity contribution in [3.05, 3.63) is 35.7 Å². The zero-order valence-electron chi connectivity index (χ0n) is 18.1. The Balaban J connectivity index is 1.27. The number of aromatic nitrogens is 4. The van der Waals surface area contributed by atoms with Gasteiger partial charge < -0.3 is 14.8 Å². The van der Waals surface area contributed by atoms with Crippen molar-refractivity contribution in [3.63, 3.8) is 0 Å². The van der Waals surface area contributed by atoms with Gasteiger partial charge in [0.05, 0.1) is 30.8 Å². The van der Waals surface area contributed by atoms with Crippen LogP contribution in [0, 0.1) is 5.92 Å². The number of rotatable bonds is 4. The lowest BCUT2D eigenvalue weighted by Crippen LogP contribution is -2.47. The maximum absolute atomic E-state index is 13.1. The van der Waals surface area contributed by atoms with Crippen LogP contribution in [0.3, 0.4) is 0 Å². The summed E-state index contributed by atoms with van der Waals surface area (Å²) in [6.45, 7) is 3.32. The summed E-state index contributed by atoms with van der Waals surface area (Å²) in [5.74, 6) is 0.416. The highest BCUT2D eigenvalue weighted by Gasteiger charge is 2.41. The molecule has 2 atom stereocenters. The van der Waals surface area contributed by atoms with Gasteiger partial charge in [0.15, 0.2) is 0 Å². The SMILES string of the molecule is Cn1cncc1[C@@H]1[C@@H](CNC(=O)N2CCCc3c(cnn3C)C2)CCCN1C1CC1. The van der Waals surface area contributed by atoms with Crippen molar-refractivity contribution in [1.29, 1.82) is 0 Å². The number of piperidine rings is 1. The van der Waals surface area contributed by atoms with Crippen LogP contribution in [-0.4, -0.2) is 60.8 Å². The molecule has 1 aliphatic carbocycles. The van der Waals surface area contributed by atoms with E-state index in [9.17, 15) is 4.79 Å². The van der Waals surface area contributed by atoms with E-state index >= 15 is 0 Å². The van der Waals surface area contributed by atoms with E-state index in [1.807, 2.05) is 35.4 Å². The molecule has 162 valence electrons. The summed E-state index contributed by atoms with van der Waals surface area (Å²) in [4.78, 5) is 22.1. The molecule has 0 radical (unpaired) electrons. The normalized spacial score (nSPS) is 25.1. The van der Waals surface area contributed by atoms with E-state index in [0.717, 1.165) is 32.4 Å². The average Bonchev–Trinajstić information content (AvgIpc) is 3.47. The Morgan fingerprint density at radius 3 is 2.80 bits per heavy atom. The molecule has 2 aromatic rings. The van der Waals surface area contributed by atoms with E-state index in [1.165, 1.54) is 36.2 Å². The molecule has 1 N–H and O–H groups in total. The highest BCUT2D eigenvalue weighted by Crippen LogP contribution is 2.42. The lowest BCUT2D eigenvalue weighted by molar-refractivity contribution is 0.0786. The van der Waals surface area contributed by atoms with Crippen molar-refractivity contribution < 1.29 is 4.79 Å². The third kappa shape index (κ3) is 3.73. The number of amides is 2. The van der Waals surface area contributed by atoms with E-state index in [0.29, 0.717) is 31.1 Å². The number of nitrogens with zero attached hydrogens (tertiary/aromatic N) is 6. The number of hydrogen-bond donors (Lipinski definition) is 1. The Labute approximate surface area is 178 Å². The van der Waals surface area contributed by atoms with Gasteiger partial charge in [-0.15, -0.1) is 0 Å². The molecule has 1 saturated heterocycles. The number of likely N-dealkylation sites (tertiary alicyclic amines) is 1. The van der Waals surface area contributed by atoms with E-state index < -0.39 is 0 Å². The van der Waals surface area contributed by atoms with Gasteiger partial charge in [0.2, 0.25) is 0 Å². The summed E-state index contributed by atoms with van der Waals surface area (Å²) in [7, 11) is 4.07. The van der Waals surface area contributed by atoms with Crippen LogP contribution in [0.15, 0.2) is 18.7 Å². The summed E-state index contributed by atoms with van der Waals surface area (Å²) >= 11 is 0. The molecule has 0 aromatic carbocycles. The minimum absolute atomic E-state index is 0.0546. The molecule has 4 heterocycles. The van der Waals surface area contributed by atoms with E-state index in [-0.39, 0.29) is 6.03 Å². The highest BCUT2D eigenvalue weighted by molar-refractivity contribution is 5.74. The van der Waals surface area contributed by atoms with Crippen molar-refractivity contribution in [3.8, 4) is 0 Å². The van der Waals surface area contributed by atoms with Gasteiger partial charge in [0, 0.05) is 50.7 Å². The summed E-state index contributed by atoms with van der Waals surface area (Å²) in [6.07, 6.45) is 12.7. The Morgan fingerprint density at radius 1 is 1.17 bits per heavy atom. The molecule has 0 unspecified atom stereocenters. The fraction of sp³-hybridized carbons (Fsp3) is 0.682. The summed E-state index contributed by atoms with van der Waals surface area (Å²) in [6, 6.07) is 1.10. The molecular formula is C22H33N7O. The topological polar surface area (TPSA) is 71.2 Å². The highest BCUT2D eigenvalue weighted by atomic mass is 16.2. The molecule has 0 bridgehead atoms. The molecule has 1 saturated carbocycles. The van der Waals surface area contributed by atoms with Crippen LogP contribution in [0.2, 0.25) is 0 Å². The van der Waals surface area contributed by atoms with Crippen molar-refractivity contribution in [2.75, 3.05) is 19.6 Å². The molecular weight excluding hydrogens is 378 g/mol. The molecule has 2 aromatic heterocycles. The van der Waals surface area contributed by atoms with Crippen LogP contribution >= 0.6 is 0 Å². The number of nitrogens with one attached hydrogen (secondary N) is 1. The van der Waals surface area contributed by atoms with Crippen molar-refractivity contribution in [2.45, 2.75) is 57.2 Å². The first-order chi connectivity index (χ1) is 14.6. The first-order valence-corrected chi connectivity index (χ1v) is 11.4.